The summed E-state index contributed by atoms with van der Waals surface area (Å²) in [6.07, 6.45) is 6.09. The third kappa shape index (κ3) is 3.01. The van der Waals surface area contributed by atoms with E-state index in [1.807, 2.05) is 48.7 Å². The molecule has 0 spiro atoms. The Hall–Kier alpha value is -2.67. The molecule has 3 aromatic rings. The van der Waals surface area contributed by atoms with Gasteiger partial charge < -0.3 is 0 Å². The number of pyridine rings is 1. The van der Waals surface area contributed by atoms with Gasteiger partial charge in [0, 0.05) is 11.4 Å². The Balaban J connectivity index is 2.15. The van der Waals surface area contributed by atoms with Gasteiger partial charge in [-0.05, 0) is 29.3 Å². The minimum Gasteiger partial charge on any atom is -0.256 e. The van der Waals surface area contributed by atoms with Crippen LogP contribution in [0.5, 0.6) is 0 Å². The maximum Gasteiger partial charge on any atom is 0.0708 e. The lowest BCUT2D eigenvalue weighted by molar-refractivity contribution is 1.22. The van der Waals surface area contributed by atoms with E-state index in [-0.39, 0.29) is 0 Å². The third-order valence-corrected chi connectivity index (χ3v) is 3.10. The second-order valence-corrected chi connectivity index (χ2v) is 4.59. The summed E-state index contributed by atoms with van der Waals surface area (Å²) in [4.78, 5) is 4.48. The standard InChI is InChI=1S/C19H15N/c1-3-8-16(9-4-1)14-18-12-7-13-20-19(18)15-17-10-5-2-6-11-17/h1-15H. The SMILES string of the molecule is C(c1ccccc1)=c1cccnc1=Cc1ccccc1. The molecule has 1 aromatic heterocycles. The predicted molar refractivity (Wildman–Crippen MR) is 83.5 cm³/mol. The van der Waals surface area contributed by atoms with Gasteiger partial charge in [-0.15, -0.1) is 0 Å². The molecule has 0 atom stereocenters. The Labute approximate surface area is 118 Å². The maximum atomic E-state index is 4.48. The van der Waals surface area contributed by atoms with Crippen LogP contribution in [0.25, 0.3) is 12.2 Å². The summed E-state index contributed by atoms with van der Waals surface area (Å²) in [6, 6.07) is 24.6. The first kappa shape index (κ1) is 12.4. The second-order valence-electron chi connectivity index (χ2n) is 4.59. The summed E-state index contributed by atoms with van der Waals surface area (Å²) in [6.45, 7) is 0. The number of rotatable bonds is 2. The van der Waals surface area contributed by atoms with Crippen molar-refractivity contribution in [2.24, 2.45) is 0 Å². The summed E-state index contributed by atoms with van der Waals surface area (Å²) in [7, 11) is 0. The molecule has 0 aliphatic carbocycles. The highest BCUT2D eigenvalue weighted by Gasteiger charge is 1.90. The van der Waals surface area contributed by atoms with Crippen LogP contribution in [-0.4, -0.2) is 4.98 Å². The van der Waals surface area contributed by atoms with Gasteiger partial charge in [0.05, 0.1) is 5.35 Å². The molecule has 2 aromatic carbocycles. The molecule has 3 rings (SSSR count). The first-order valence-corrected chi connectivity index (χ1v) is 6.66. The van der Waals surface area contributed by atoms with Crippen LogP contribution < -0.4 is 10.6 Å². The fourth-order valence-electron chi connectivity index (χ4n) is 2.11. The molecule has 1 nitrogen and oxygen atoms in total. The van der Waals surface area contributed by atoms with Crippen LogP contribution in [-0.2, 0) is 0 Å². The van der Waals surface area contributed by atoms with E-state index in [0.29, 0.717) is 0 Å². The van der Waals surface area contributed by atoms with Crippen LogP contribution in [0.3, 0.4) is 0 Å². The van der Waals surface area contributed by atoms with E-state index in [1.165, 1.54) is 5.56 Å². The van der Waals surface area contributed by atoms with Crippen molar-refractivity contribution in [1.29, 1.82) is 0 Å². The molecule has 1 heteroatoms. The minimum atomic E-state index is 0.988. The zero-order valence-corrected chi connectivity index (χ0v) is 11.1. The van der Waals surface area contributed by atoms with Gasteiger partial charge >= 0.3 is 0 Å². The Morgan fingerprint density at radius 1 is 0.600 bits per heavy atom. The average Bonchev–Trinajstić information content (AvgIpc) is 2.51. The van der Waals surface area contributed by atoms with Crippen LogP contribution in [0.15, 0.2) is 79.0 Å². The molecule has 0 N–H and O–H groups in total. The molecule has 0 fully saturated rings. The van der Waals surface area contributed by atoms with E-state index in [4.69, 9.17) is 0 Å². The third-order valence-electron chi connectivity index (χ3n) is 3.10. The molecular formula is C19H15N. The van der Waals surface area contributed by atoms with Crippen LogP contribution in [0.2, 0.25) is 0 Å². The summed E-state index contributed by atoms with van der Waals surface area (Å²) in [5, 5.41) is 2.12. The molecule has 0 saturated carbocycles. The zero-order valence-electron chi connectivity index (χ0n) is 11.1. The number of hydrogen-bond acceptors (Lipinski definition) is 1. The monoisotopic (exact) mass is 257 g/mol. The van der Waals surface area contributed by atoms with Crippen LogP contribution >= 0.6 is 0 Å². The van der Waals surface area contributed by atoms with Gasteiger partial charge in [0.25, 0.3) is 0 Å². The molecule has 0 saturated heterocycles. The zero-order chi connectivity index (χ0) is 13.6. The molecule has 0 aliphatic rings. The molecule has 0 amide bonds. The van der Waals surface area contributed by atoms with E-state index in [0.717, 1.165) is 16.1 Å². The summed E-state index contributed by atoms with van der Waals surface area (Å²) >= 11 is 0. The number of nitrogens with zero attached hydrogens (tertiary/aromatic N) is 1. The average molecular weight is 257 g/mol. The van der Waals surface area contributed by atoms with Gasteiger partial charge in [0.2, 0.25) is 0 Å². The molecule has 1 heterocycles. The van der Waals surface area contributed by atoms with E-state index in [9.17, 15) is 0 Å². The highest BCUT2D eigenvalue weighted by molar-refractivity contribution is 5.53. The Morgan fingerprint density at radius 2 is 1.20 bits per heavy atom. The van der Waals surface area contributed by atoms with E-state index >= 15 is 0 Å². The van der Waals surface area contributed by atoms with Crippen LogP contribution in [0.4, 0.5) is 0 Å². The summed E-state index contributed by atoms with van der Waals surface area (Å²) < 4.78 is 0. The van der Waals surface area contributed by atoms with Gasteiger partial charge in [0.15, 0.2) is 0 Å². The van der Waals surface area contributed by atoms with Gasteiger partial charge in [-0.25, -0.2) is 0 Å². The predicted octanol–water partition coefficient (Wildman–Crippen LogP) is 2.74. The largest absolute Gasteiger partial charge is 0.256 e. The van der Waals surface area contributed by atoms with E-state index in [1.54, 1.807) is 0 Å². The Kier molecular flexibility index (Phi) is 3.70. The van der Waals surface area contributed by atoms with Gasteiger partial charge in [0.1, 0.15) is 0 Å². The molecule has 96 valence electrons. The van der Waals surface area contributed by atoms with Gasteiger partial charge in [-0.2, -0.15) is 0 Å². The Morgan fingerprint density at radius 3 is 1.85 bits per heavy atom. The van der Waals surface area contributed by atoms with Crippen molar-refractivity contribution in [3.8, 4) is 0 Å². The summed E-state index contributed by atoms with van der Waals surface area (Å²) in [5.41, 5.74) is 2.34. The van der Waals surface area contributed by atoms with Gasteiger partial charge in [-0.1, -0.05) is 66.7 Å². The molecule has 0 bridgehead atoms. The first-order valence-electron chi connectivity index (χ1n) is 6.66. The number of hydrogen-bond donors (Lipinski definition) is 0. The molecule has 0 radical (unpaired) electrons. The fraction of sp³-hybridized carbons (Fsp3) is 0. The quantitative estimate of drug-likeness (QED) is 0.688. The highest BCUT2D eigenvalue weighted by atomic mass is 14.6. The minimum absolute atomic E-state index is 0.988. The Bertz CT molecular complexity index is 719. The fourth-order valence-corrected chi connectivity index (χ4v) is 2.11. The molecular weight excluding hydrogens is 242 g/mol. The van der Waals surface area contributed by atoms with Crippen molar-refractivity contribution >= 4 is 12.2 Å². The maximum absolute atomic E-state index is 4.48. The normalized spacial score (nSPS) is 12.6. The van der Waals surface area contributed by atoms with Gasteiger partial charge in [-0.3, -0.25) is 4.98 Å². The van der Waals surface area contributed by atoms with Crippen molar-refractivity contribution in [2.45, 2.75) is 0 Å². The second kappa shape index (κ2) is 5.98. The summed E-state index contributed by atoms with van der Waals surface area (Å²) in [5.74, 6) is 0. The van der Waals surface area contributed by atoms with Crippen molar-refractivity contribution < 1.29 is 0 Å². The van der Waals surface area contributed by atoms with Crippen molar-refractivity contribution in [3.05, 3.63) is 101 Å². The highest BCUT2D eigenvalue weighted by Crippen LogP contribution is 1.99. The van der Waals surface area contributed by atoms with E-state index in [2.05, 4.69) is 47.5 Å². The van der Waals surface area contributed by atoms with E-state index < -0.39 is 0 Å². The number of aromatic nitrogens is 1. The smallest absolute Gasteiger partial charge is 0.0708 e. The topological polar surface area (TPSA) is 12.9 Å². The van der Waals surface area contributed by atoms with Crippen LogP contribution in [0, 0.1) is 0 Å². The lowest BCUT2D eigenvalue weighted by Gasteiger charge is -1.95. The molecule has 0 unspecified atom stereocenters. The van der Waals surface area contributed by atoms with Crippen LogP contribution in [0.1, 0.15) is 11.1 Å². The number of benzene rings is 2. The lowest BCUT2D eigenvalue weighted by atomic mass is 10.1. The lowest BCUT2D eigenvalue weighted by Crippen LogP contribution is -2.27. The van der Waals surface area contributed by atoms with Crippen molar-refractivity contribution in [1.82, 2.24) is 4.98 Å². The molecule has 0 aliphatic heterocycles. The van der Waals surface area contributed by atoms with Crippen molar-refractivity contribution in [2.75, 3.05) is 0 Å². The van der Waals surface area contributed by atoms with Crippen molar-refractivity contribution in [3.63, 3.8) is 0 Å². The first-order chi connectivity index (χ1) is 9.92. The molecule has 20 heavy (non-hydrogen) atoms.